The zero-order valence-electron chi connectivity index (χ0n) is 14.2. The van der Waals surface area contributed by atoms with E-state index in [9.17, 15) is 18.3 Å². The van der Waals surface area contributed by atoms with Crippen LogP contribution < -0.4 is 5.32 Å². The highest BCUT2D eigenvalue weighted by Gasteiger charge is 2.56. The van der Waals surface area contributed by atoms with Crippen LogP contribution in [0.4, 0.5) is 13.2 Å². The first kappa shape index (κ1) is 17.8. The van der Waals surface area contributed by atoms with Gasteiger partial charge in [-0.15, -0.1) is 0 Å². The molecule has 0 aliphatic carbocycles. The number of aliphatic hydroxyl groups excluding tert-OH is 1. The van der Waals surface area contributed by atoms with Crippen molar-refractivity contribution in [2.24, 2.45) is 5.92 Å². The lowest BCUT2D eigenvalue weighted by atomic mass is 9.86. The van der Waals surface area contributed by atoms with E-state index in [1.807, 2.05) is 24.3 Å². The lowest BCUT2D eigenvalue weighted by Crippen LogP contribution is -2.44. The van der Waals surface area contributed by atoms with Crippen LogP contribution in [0.1, 0.15) is 25.3 Å². The number of nitrogens with zero attached hydrogens (tertiary/aromatic N) is 2. The van der Waals surface area contributed by atoms with E-state index >= 15 is 0 Å². The van der Waals surface area contributed by atoms with Crippen LogP contribution in [-0.4, -0.2) is 52.5 Å². The highest BCUT2D eigenvalue weighted by Crippen LogP contribution is 2.49. The molecule has 0 radical (unpaired) electrons. The monoisotopic (exact) mass is 369 g/mol. The Hall–Kier alpha value is -1.64. The third-order valence-corrected chi connectivity index (χ3v) is 5.69. The first-order chi connectivity index (χ1) is 12.4. The van der Waals surface area contributed by atoms with Gasteiger partial charge in [-0.2, -0.15) is 18.3 Å². The molecule has 3 heterocycles. The largest absolute Gasteiger partial charge is 0.396 e. The zero-order valence-corrected chi connectivity index (χ0v) is 14.2. The number of aliphatic hydroxyl groups is 1. The third kappa shape index (κ3) is 3.00. The number of para-hydroxylation sites is 1. The number of benzene rings is 1. The van der Waals surface area contributed by atoms with Crippen molar-refractivity contribution in [3.63, 3.8) is 0 Å². The molecule has 0 saturated carbocycles. The molecular weight excluding hydrogens is 347 g/mol. The average Bonchev–Trinajstić information content (AvgIpc) is 3.17. The van der Waals surface area contributed by atoms with Crippen molar-refractivity contribution in [3.8, 4) is 0 Å². The van der Waals surface area contributed by atoms with E-state index in [4.69, 9.17) is 4.74 Å². The Kier molecular flexibility index (Phi) is 4.45. The molecule has 5 nitrogen and oxygen atoms in total. The van der Waals surface area contributed by atoms with Crippen molar-refractivity contribution < 1.29 is 23.0 Å². The van der Waals surface area contributed by atoms with Gasteiger partial charge < -0.3 is 15.2 Å². The van der Waals surface area contributed by atoms with Crippen molar-refractivity contribution in [1.29, 1.82) is 0 Å². The smallest absolute Gasteiger partial charge is 0.396 e. The average molecular weight is 369 g/mol. The van der Waals surface area contributed by atoms with E-state index < -0.39 is 36.4 Å². The summed E-state index contributed by atoms with van der Waals surface area (Å²) in [7, 11) is 0. The van der Waals surface area contributed by atoms with Gasteiger partial charge in [0, 0.05) is 11.8 Å². The number of alkyl halides is 3. The number of halogens is 3. The van der Waals surface area contributed by atoms with Crippen molar-refractivity contribution in [2.75, 3.05) is 19.7 Å². The summed E-state index contributed by atoms with van der Waals surface area (Å²) in [5.41, 5.74) is 0.197. The second-order valence-corrected chi connectivity index (χ2v) is 7.27. The number of rotatable bonds is 3. The molecule has 142 valence electrons. The lowest BCUT2D eigenvalue weighted by molar-refractivity contribution is -0.226. The van der Waals surface area contributed by atoms with Crippen LogP contribution in [0.2, 0.25) is 0 Å². The van der Waals surface area contributed by atoms with Gasteiger partial charge in [0.2, 0.25) is 0 Å². The molecule has 2 aliphatic heterocycles. The molecule has 8 heteroatoms. The molecule has 26 heavy (non-hydrogen) atoms. The topological polar surface area (TPSA) is 59.3 Å². The van der Waals surface area contributed by atoms with Gasteiger partial charge in [0.25, 0.3) is 0 Å². The van der Waals surface area contributed by atoms with Crippen molar-refractivity contribution >= 4 is 10.9 Å². The number of piperidine rings is 1. The van der Waals surface area contributed by atoms with Crippen LogP contribution >= 0.6 is 0 Å². The molecule has 2 saturated heterocycles. The number of ether oxygens (including phenoxy) is 1. The molecule has 2 aromatic rings. The highest BCUT2D eigenvalue weighted by molar-refractivity contribution is 5.78. The second kappa shape index (κ2) is 6.51. The number of hydrogen-bond acceptors (Lipinski definition) is 4. The van der Waals surface area contributed by atoms with Gasteiger partial charge in [-0.25, -0.2) is 0 Å². The standard InChI is InChI=1S/C18H22F3N3O2/c19-18(20,21)13(11-25)16-15(9-17(26-16)5-7-22-8-6-17)24-14-4-2-1-3-12(14)10-23-24/h1-4,10,13,15-16,22,25H,5-9,11H2/t13?,15?,16-/m1/s1. The molecule has 0 bridgehead atoms. The molecule has 1 aromatic carbocycles. The normalized spacial score (nSPS) is 27.2. The number of fused-ring (bicyclic) bond motifs is 1. The Bertz CT molecular complexity index is 770. The summed E-state index contributed by atoms with van der Waals surface area (Å²) in [5.74, 6) is -1.93. The first-order valence-electron chi connectivity index (χ1n) is 8.92. The summed E-state index contributed by atoms with van der Waals surface area (Å²) in [6.07, 6.45) is -2.22. The number of hydrogen-bond donors (Lipinski definition) is 2. The number of aromatic nitrogens is 2. The molecule has 1 aromatic heterocycles. The van der Waals surface area contributed by atoms with E-state index in [2.05, 4.69) is 10.4 Å². The fourth-order valence-electron chi connectivity index (χ4n) is 4.34. The SMILES string of the molecule is OCC([C@H]1OC2(CCNCC2)CC1n1ncc2ccccc21)C(F)(F)F. The molecule has 3 atom stereocenters. The fourth-order valence-corrected chi connectivity index (χ4v) is 4.34. The second-order valence-electron chi connectivity index (χ2n) is 7.27. The van der Waals surface area contributed by atoms with Crippen LogP contribution in [0.5, 0.6) is 0 Å². The Labute approximate surface area is 149 Å². The summed E-state index contributed by atoms with van der Waals surface area (Å²) >= 11 is 0. The van der Waals surface area contributed by atoms with Crippen molar-refractivity contribution in [3.05, 3.63) is 30.5 Å². The van der Waals surface area contributed by atoms with Crippen LogP contribution in [0.15, 0.2) is 30.5 Å². The van der Waals surface area contributed by atoms with Crippen molar-refractivity contribution in [1.82, 2.24) is 15.1 Å². The molecule has 2 unspecified atom stereocenters. The predicted molar refractivity (Wildman–Crippen MR) is 89.7 cm³/mol. The van der Waals surface area contributed by atoms with Gasteiger partial charge in [0.1, 0.15) is 5.92 Å². The van der Waals surface area contributed by atoms with E-state index in [-0.39, 0.29) is 0 Å². The molecular formula is C18H22F3N3O2. The Balaban J connectivity index is 1.75. The van der Waals surface area contributed by atoms with Gasteiger partial charge in [-0.05, 0) is 32.0 Å². The maximum atomic E-state index is 13.6. The molecule has 0 amide bonds. The van der Waals surface area contributed by atoms with Crippen LogP contribution in [0, 0.1) is 5.92 Å². The maximum Gasteiger partial charge on any atom is 0.396 e. The van der Waals surface area contributed by atoms with Crippen LogP contribution in [0.25, 0.3) is 10.9 Å². The Morgan fingerprint density at radius 2 is 2.04 bits per heavy atom. The van der Waals surface area contributed by atoms with Crippen LogP contribution in [0.3, 0.4) is 0 Å². The minimum atomic E-state index is -4.53. The van der Waals surface area contributed by atoms with Gasteiger partial charge in [0.15, 0.2) is 0 Å². The molecule has 1 spiro atoms. The van der Waals surface area contributed by atoms with Gasteiger partial charge in [0.05, 0.1) is 36.1 Å². The Morgan fingerprint density at radius 3 is 2.73 bits per heavy atom. The molecule has 2 aliphatic rings. The summed E-state index contributed by atoms with van der Waals surface area (Å²) in [4.78, 5) is 0. The fraction of sp³-hybridized carbons (Fsp3) is 0.611. The van der Waals surface area contributed by atoms with Crippen molar-refractivity contribution in [2.45, 2.75) is 43.2 Å². The minimum absolute atomic E-state index is 0.470. The number of nitrogens with one attached hydrogen (secondary N) is 1. The maximum absolute atomic E-state index is 13.6. The predicted octanol–water partition coefficient (Wildman–Crippen LogP) is 2.66. The molecule has 2 fully saturated rings. The third-order valence-electron chi connectivity index (χ3n) is 5.69. The summed E-state index contributed by atoms with van der Waals surface area (Å²) < 4.78 is 48.5. The van der Waals surface area contributed by atoms with Crippen LogP contribution in [-0.2, 0) is 4.74 Å². The van der Waals surface area contributed by atoms with Gasteiger partial charge in [-0.3, -0.25) is 4.68 Å². The van der Waals surface area contributed by atoms with E-state index in [0.29, 0.717) is 19.3 Å². The minimum Gasteiger partial charge on any atom is -0.396 e. The summed E-state index contributed by atoms with van der Waals surface area (Å²) in [6, 6.07) is 6.90. The highest BCUT2D eigenvalue weighted by atomic mass is 19.4. The Morgan fingerprint density at radius 1 is 1.31 bits per heavy atom. The first-order valence-corrected chi connectivity index (χ1v) is 8.92. The van der Waals surface area contributed by atoms with E-state index in [1.165, 1.54) is 0 Å². The van der Waals surface area contributed by atoms with Gasteiger partial charge in [-0.1, -0.05) is 18.2 Å². The summed E-state index contributed by atoms with van der Waals surface area (Å²) in [6.45, 7) is 0.447. The summed E-state index contributed by atoms with van der Waals surface area (Å²) in [5, 5.41) is 18.0. The quantitative estimate of drug-likeness (QED) is 0.873. The van der Waals surface area contributed by atoms with E-state index in [1.54, 1.807) is 10.9 Å². The molecule has 4 rings (SSSR count). The zero-order chi connectivity index (χ0) is 18.4. The van der Waals surface area contributed by atoms with E-state index in [0.717, 1.165) is 24.0 Å². The van der Waals surface area contributed by atoms with Gasteiger partial charge >= 0.3 is 6.18 Å². The lowest BCUT2D eigenvalue weighted by Gasteiger charge is -2.34. The molecule has 2 N–H and O–H groups in total.